The Morgan fingerprint density at radius 3 is 2.48 bits per heavy atom. The standard InChI is InChI=1S/C16H26N2O3/c1-3-8-17(9-4-2)15(19)13-18-10-6-5-7-14(18)16-20-11-12-21-16/h3-4,14,16H,1-2,5-13H2. The number of piperidine rings is 1. The number of carbonyl (C=O) groups is 1. The minimum Gasteiger partial charge on any atom is -0.349 e. The van der Waals surface area contributed by atoms with Gasteiger partial charge in [-0.2, -0.15) is 0 Å². The lowest BCUT2D eigenvalue weighted by molar-refractivity contribution is -0.138. The van der Waals surface area contributed by atoms with Crippen LogP contribution in [0.15, 0.2) is 25.3 Å². The third kappa shape index (κ3) is 4.40. The molecule has 118 valence electrons. The molecule has 1 atom stereocenters. The van der Waals surface area contributed by atoms with Gasteiger partial charge in [0.2, 0.25) is 5.91 Å². The second-order valence-electron chi connectivity index (χ2n) is 5.52. The Kier molecular flexibility index (Phi) is 6.42. The van der Waals surface area contributed by atoms with E-state index in [1.54, 1.807) is 17.1 Å². The van der Waals surface area contributed by atoms with Gasteiger partial charge in [0.15, 0.2) is 6.29 Å². The molecular formula is C16H26N2O3. The lowest BCUT2D eigenvalue weighted by Gasteiger charge is -2.38. The summed E-state index contributed by atoms with van der Waals surface area (Å²) in [7, 11) is 0. The van der Waals surface area contributed by atoms with Gasteiger partial charge in [-0.3, -0.25) is 9.69 Å². The maximum absolute atomic E-state index is 12.5. The molecule has 2 heterocycles. The Hall–Kier alpha value is -1.17. The van der Waals surface area contributed by atoms with E-state index in [9.17, 15) is 4.79 Å². The largest absolute Gasteiger partial charge is 0.349 e. The van der Waals surface area contributed by atoms with E-state index in [0.717, 1.165) is 19.4 Å². The van der Waals surface area contributed by atoms with E-state index in [2.05, 4.69) is 18.1 Å². The van der Waals surface area contributed by atoms with Crippen LogP contribution in [0.3, 0.4) is 0 Å². The quantitative estimate of drug-likeness (QED) is 0.666. The van der Waals surface area contributed by atoms with Gasteiger partial charge >= 0.3 is 0 Å². The molecule has 0 aliphatic carbocycles. The molecule has 21 heavy (non-hydrogen) atoms. The van der Waals surface area contributed by atoms with Crippen LogP contribution in [0, 0.1) is 0 Å². The van der Waals surface area contributed by atoms with Crippen LogP contribution in [0.5, 0.6) is 0 Å². The van der Waals surface area contributed by atoms with Crippen LogP contribution in [0.25, 0.3) is 0 Å². The van der Waals surface area contributed by atoms with Crippen molar-refractivity contribution in [3.8, 4) is 0 Å². The van der Waals surface area contributed by atoms with Crippen molar-refractivity contribution in [2.75, 3.05) is 39.4 Å². The summed E-state index contributed by atoms with van der Waals surface area (Å²) < 4.78 is 11.3. The van der Waals surface area contributed by atoms with E-state index in [4.69, 9.17) is 9.47 Å². The van der Waals surface area contributed by atoms with Crippen LogP contribution in [-0.2, 0) is 14.3 Å². The molecule has 0 aromatic rings. The average Bonchev–Trinajstić information content (AvgIpc) is 3.01. The molecule has 0 radical (unpaired) electrons. The maximum Gasteiger partial charge on any atom is 0.237 e. The molecule has 2 aliphatic heterocycles. The Balaban J connectivity index is 1.95. The van der Waals surface area contributed by atoms with Gasteiger partial charge in [0.25, 0.3) is 0 Å². The molecule has 0 aromatic heterocycles. The van der Waals surface area contributed by atoms with Crippen molar-refractivity contribution >= 4 is 5.91 Å². The molecule has 2 rings (SSSR count). The van der Waals surface area contributed by atoms with Crippen molar-refractivity contribution in [2.24, 2.45) is 0 Å². The Bertz CT molecular complexity index is 357. The fourth-order valence-electron chi connectivity index (χ4n) is 2.98. The van der Waals surface area contributed by atoms with E-state index in [1.807, 2.05) is 0 Å². The van der Waals surface area contributed by atoms with Crippen molar-refractivity contribution in [3.63, 3.8) is 0 Å². The molecule has 0 aromatic carbocycles. The first-order valence-corrected chi connectivity index (χ1v) is 7.73. The zero-order valence-corrected chi connectivity index (χ0v) is 12.7. The molecular weight excluding hydrogens is 268 g/mol. The molecule has 1 unspecified atom stereocenters. The first-order chi connectivity index (χ1) is 10.3. The van der Waals surface area contributed by atoms with Gasteiger partial charge in [-0.15, -0.1) is 13.2 Å². The number of hydrogen-bond donors (Lipinski definition) is 0. The molecule has 1 amide bonds. The Morgan fingerprint density at radius 1 is 1.19 bits per heavy atom. The summed E-state index contributed by atoms with van der Waals surface area (Å²) in [6.45, 7) is 11.2. The van der Waals surface area contributed by atoms with Gasteiger partial charge in [0.05, 0.1) is 25.8 Å². The second-order valence-corrected chi connectivity index (χ2v) is 5.52. The lowest BCUT2D eigenvalue weighted by Crippen LogP contribution is -2.51. The van der Waals surface area contributed by atoms with Crippen LogP contribution in [-0.4, -0.2) is 67.4 Å². The van der Waals surface area contributed by atoms with Crippen LogP contribution in [0.2, 0.25) is 0 Å². The van der Waals surface area contributed by atoms with Gasteiger partial charge in [0, 0.05) is 13.1 Å². The summed E-state index contributed by atoms with van der Waals surface area (Å²) in [5.41, 5.74) is 0. The van der Waals surface area contributed by atoms with Gasteiger partial charge < -0.3 is 14.4 Å². The zero-order chi connectivity index (χ0) is 15.1. The van der Waals surface area contributed by atoms with Gasteiger partial charge in [-0.1, -0.05) is 18.6 Å². The predicted molar refractivity (Wildman–Crippen MR) is 81.9 cm³/mol. The third-order valence-corrected chi connectivity index (χ3v) is 4.02. The van der Waals surface area contributed by atoms with Crippen LogP contribution >= 0.6 is 0 Å². The summed E-state index contributed by atoms with van der Waals surface area (Å²) in [5.74, 6) is 0.111. The summed E-state index contributed by atoms with van der Waals surface area (Å²) in [6.07, 6.45) is 6.64. The Morgan fingerprint density at radius 2 is 1.86 bits per heavy atom. The van der Waals surface area contributed by atoms with E-state index < -0.39 is 0 Å². The number of hydrogen-bond acceptors (Lipinski definition) is 4. The van der Waals surface area contributed by atoms with Crippen molar-refractivity contribution in [2.45, 2.75) is 31.6 Å². The summed E-state index contributed by atoms with van der Waals surface area (Å²) in [5, 5.41) is 0. The summed E-state index contributed by atoms with van der Waals surface area (Å²) in [6, 6.07) is 0.194. The number of nitrogens with zero attached hydrogens (tertiary/aromatic N) is 2. The van der Waals surface area contributed by atoms with Crippen LogP contribution in [0.4, 0.5) is 0 Å². The predicted octanol–water partition coefficient (Wildman–Crippen LogP) is 1.41. The topological polar surface area (TPSA) is 42.0 Å². The smallest absolute Gasteiger partial charge is 0.237 e. The number of amides is 1. The van der Waals surface area contributed by atoms with Crippen molar-refractivity contribution < 1.29 is 14.3 Å². The number of ether oxygens (including phenoxy) is 2. The fourth-order valence-corrected chi connectivity index (χ4v) is 2.98. The first-order valence-electron chi connectivity index (χ1n) is 7.73. The molecule has 5 heteroatoms. The van der Waals surface area contributed by atoms with Crippen LogP contribution in [0.1, 0.15) is 19.3 Å². The summed E-state index contributed by atoms with van der Waals surface area (Å²) in [4.78, 5) is 16.4. The van der Waals surface area contributed by atoms with Crippen molar-refractivity contribution in [3.05, 3.63) is 25.3 Å². The van der Waals surface area contributed by atoms with E-state index >= 15 is 0 Å². The monoisotopic (exact) mass is 294 g/mol. The van der Waals surface area contributed by atoms with Gasteiger partial charge in [-0.25, -0.2) is 0 Å². The van der Waals surface area contributed by atoms with Gasteiger partial charge in [0.1, 0.15) is 0 Å². The highest BCUT2D eigenvalue weighted by molar-refractivity contribution is 5.78. The number of carbonyl (C=O) groups excluding carboxylic acids is 1. The number of rotatable bonds is 7. The lowest BCUT2D eigenvalue weighted by atomic mass is 10.0. The maximum atomic E-state index is 12.5. The van der Waals surface area contributed by atoms with E-state index in [0.29, 0.717) is 32.8 Å². The average molecular weight is 294 g/mol. The number of likely N-dealkylation sites (tertiary alicyclic amines) is 1. The molecule has 2 aliphatic rings. The highest BCUT2D eigenvalue weighted by Gasteiger charge is 2.34. The van der Waals surface area contributed by atoms with Crippen molar-refractivity contribution in [1.29, 1.82) is 0 Å². The van der Waals surface area contributed by atoms with Crippen molar-refractivity contribution in [1.82, 2.24) is 9.80 Å². The summed E-state index contributed by atoms with van der Waals surface area (Å²) >= 11 is 0. The second kappa shape index (κ2) is 8.32. The first kappa shape index (κ1) is 16.2. The highest BCUT2D eigenvalue weighted by Crippen LogP contribution is 2.24. The highest BCUT2D eigenvalue weighted by atomic mass is 16.7. The molecule has 0 spiro atoms. The van der Waals surface area contributed by atoms with E-state index in [-0.39, 0.29) is 18.2 Å². The van der Waals surface area contributed by atoms with E-state index in [1.165, 1.54) is 6.42 Å². The molecule has 0 N–H and O–H groups in total. The third-order valence-electron chi connectivity index (χ3n) is 4.02. The molecule has 2 saturated heterocycles. The normalized spacial score (nSPS) is 23.9. The molecule has 5 nitrogen and oxygen atoms in total. The molecule has 0 saturated carbocycles. The minimum absolute atomic E-state index is 0.111. The van der Waals surface area contributed by atoms with Crippen LogP contribution < -0.4 is 0 Å². The molecule has 0 bridgehead atoms. The van der Waals surface area contributed by atoms with Gasteiger partial charge in [-0.05, 0) is 19.4 Å². The fraction of sp³-hybridized carbons (Fsp3) is 0.688. The minimum atomic E-state index is -0.176. The molecule has 2 fully saturated rings. The Labute approximate surface area is 127 Å². The zero-order valence-electron chi connectivity index (χ0n) is 12.7. The SMILES string of the molecule is C=CCN(CC=C)C(=O)CN1CCCCC1C1OCCO1.